The molecule has 0 saturated carbocycles. The van der Waals surface area contributed by atoms with Crippen LogP contribution in [0.25, 0.3) is 0 Å². The number of piperazine rings is 1. The van der Waals surface area contributed by atoms with Gasteiger partial charge in [0.25, 0.3) is 5.91 Å². The molecule has 1 amide bonds. The van der Waals surface area contributed by atoms with Crippen LogP contribution in [-0.4, -0.2) is 44.1 Å². The number of amides is 1. The third-order valence-electron chi connectivity index (χ3n) is 3.80. The second-order valence-electron chi connectivity index (χ2n) is 5.05. The van der Waals surface area contributed by atoms with Gasteiger partial charge in [-0.05, 0) is 23.6 Å². The summed E-state index contributed by atoms with van der Waals surface area (Å²) in [5.41, 5.74) is 1.08. The third kappa shape index (κ3) is 2.91. The Morgan fingerprint density at radius 2 is 1.91 bits per heavy atom. The maximum atomic E-state index is 12.5. The summed E-state index contributed by atoms with van der Waals surface area (Å²) in [4.78, 5) is 17.2. The molecule has 0 bridgehead atoms. The molecule has 22 heavy (non-hydrogen) atoms. The van der Waals surface area contributed by atoms with Crippen LogP contribution in [0.4, 0.5) is 5.69 Å². The number of hydrogen-bond acceptors (Lipinski definition) is 4. The molecule has 0 unspecified atom stereocenters. The van der Waals surface area contributed by atoms with Gasteiger partial charge in [0.1, 0.15) is 10.6 Å². The molecule has 1 aromatic heterocycles. The number of nitrogens with zero attached hydrogens (tertiary/aromatic N) is 2. The maximum absolute atomic E-state index is 12.5. The summed E-state index contributed by atoms with van der Waals surface area (Å²) in [5, 5.41) is 2.39. The minimum absolute atomic E-state index is 0.0275. The number of hydrogen-bond donors (Lipinski definition) is 0. The van der Waals surface area contributed by atoms with E-state index >= 15 is 0 Å². The van der Waals surface area contributed by atoms with Crippen molar-refractivity contribution in [2.45, 2.75) is 0 Å². The number of rotatable bonds is 3. The molecule has 1 aliphatic rings. The first kappa shape index (κ1) is 15.2. The van der Waals surface area contributed by atoms with E-state index in [1.807, 2.05) is 34.5 Å². The molecule has 3 rings (SSSR count). The second kappa shape index (κ2) is 6.58. The van der Waals surface area contributed by atoms with Gasteiger partial charge in [0.15, 0.2) is 0 Å². The number of benzene rings is 1. The lowest BCUT2D eigenvalue weighted by Crippen LogP contribution is -2.48. The van der Waals surface area contributed by atoms with Gasteiger partial charge >= 0.3 is 0 Å². The van der Waals surface area contributed by atoms with Crippen molar-refractivity contribution in [3.05, 3.63) is 45.6 Å². The lowest BCUT2D eigenvalue weighted by Gasteiger charge is -2.36. The molecular weight excluding hydrogens is 320 g/mol. The van der Waals surface area contributed by atoms with E-state index in [4.69, 9.17) is 16.3 Å². The van der Waals surface area contributed by atoms with Gasteiger partial charge in [-0.15, -0.1) is 11.3 Å². The molecule has 1 saturated heterocycles. The van der Waals surface area contributed by atoms with Gasteiger partial charge in [-0.3, -0.25) is 4.79 Å². The van der Waals surface area contributed by atoms with Crippen LogP contribution in [0.5, 0.6) is 5.75 Å². The largest absolute Gasteiger partial charge is 0.495 e. The molecule has 1 aliphatic heterocycles. The molecule has 1 aromatic carbocycles. The molecule has 2 heterocycles. The lowest BCUT2D eigenvalue weighted by molar-refractivity contribution is 0.0751. The van der Waals surface area contributed by atoms with Gasteiger partial charge in [0, 0.05) is 26.2 Å². The van der Waals surface area contributed by atoms with Gasteiger partial charge in [-0.1, -0.05) is 23.7 Å². The van der Waals surface area contributed by atoms with Gasteiger partial charge in [0.05, 0.1) is 17.8 Å². The summed E-state index contributed by atoms with van der Waals surface area (Å²) in [6.45, 7) is 2.94. The topological polar surface area (TPSA) is 32.8 Å². The van der Waals surface area contributed by atoms with Crippen LogP contribution in [0.2, 0.25) is 5.02 Å². The summed E-state index contributed by atoms with van der Waals surface area (Å²) in [6, 6.07) is 9.73. The number of carbonyl (C=O) groups excluding carboxylic acids is 1. The van der Waals surface area contributed by atoms with E-state index in [-0.39, 0.29) is 5.91 Å². The Labute approximate surface area is 138 Å². The van der Waals surface area contributed by atoms with Crippen molar-refractivity contribution in [3.63, 3.8) is 0 Å². The molecule has 4 nitrogen and oxygen atoms in total. The highest BCUT2D eigenvalue weighted by Gasteiger charge is 2.25. The zero-order chi connectivity index (χ0) is 15.5. The van der Waals surface area contributed by atoms with Crippen LogP contribution in [0.1, 0.15) is 9.67 Å². The van der Waals surface area contributed by atoms with Crippen LogP contribution >= 0.6 is 22.9 Å². The van der Waals surface area contributed by atoms with Crippen molar-refractivity contribution >= 4 is 34.5 Å². The Hall–Kier alpha value is -1.72. The number of anilines is 1. The normalized spacial score (nSPS) is 15.0. The van der Waals surface area contributed by atoms with E-state index in [1.54, 1.807) is 13.2 Å². The summed E-state index contributed by atoms with van der Waals surface area (Å²) in [6.07, 6.45) is 0. The van der Waals surface area contributed by atoms with Crippen molar-refractivity contribution < 1.29 is 9.53 Å². The molecule has 1 fully saturated rings. The Kier molecular flexibility index (Phi) is 4.55. The smallest absolute Gasteiger partial charge is 0.265 e. The average Bonchev–Trinajstić information content (AvgIpc) is 3.00. The van der Waals surface area contributed by atoms with Gasteiger partial charge in [0.2, 0.25) is 0 Å². The first-order valence-electron chi connectivity index (χ1n) is 7.11. The second-order valence-corrected chi connectivity index (χ2v) is 6.37. The molecular formula is C16H17ClN2O2S. The Balaban J connectivity index is 1.68. The van der Waals surface area contributed by atoms with Crippen LogP contribution in [0.3, 0.4) is 0 Å². The van der Waals surface area contributed by atoms with E-state index in [0.29, 0.717) is 23.0 Å². The third-order valence-corrected chi connectivity index (χ3v) is 5.13. The summed E-state index contributed by atoms with van der Waals surface area (Å²) in [7, 11) is 1.68. The molecule has 6 heteroatoms. The number of carbonyl (C=O) groups is 1. The van der Waals surface area contributed by atoms with Crippen LogP contribution in [-0.2, 0) is 0 Å². The van der Waals surface area contributed by atoms with E-state index in [2.05, 4.69) is 4.90 Å². The fraction of sp³-hybridized carbons (Fsp3) is 0.312. The molecule has 0 spiro atoms. The van der Waals surface area contributed by atoms with Crippen LogP contribution in [0, 0.1) is 0 Å². The highest BCUT2D eigenvalue weighted by Crippen LogP contribution is 2.29. The zero-order valence-electron chi connectivity index (χ0n) is 12.3. The molecule has 0 atom stereocenters. The van der Waals surface area contributed by atoms with Gasteiger partial charge in [-0.2, -0.15) is 0 Å². The quantitative estimate of drug-likeness (QED) is 0.861. The van der Waals surface area contributed by atoms with Gasteiger partial charge < -0.3 is 14.5 Å². The van der Waals surface area contributed by atoms with E-state index in [9.17, 15) is 4.79 Å². The highest BCUT2D eigenvalue weighted by atomic mass is 35.5. The monoisotopic (exact) mass is 336 g/mol. The molecule has 0 N–H and O–H groups in total. The average molecular weight is 337 g/mol. The number of ether oxygens (including phenoxy) is 1. The lowest BCUT2D eigenvalue weighted by atomic mass is 10.2. The summed E-state index contributed by atoms with van der Waals surface area (Å²) >= 11 is 7.45. The fourth-order valence-electron chi connectivity index (χ4n) is 2.63. The first-order chi connectivity index (χ1) is 10.7. The number of halogens is 1. The van der Waals surface area contributed by atoms with E-state index < -0.39 is 0 Å². The predicted molar refractivity (Wildman–Crippen MR) is 90.4 cm³/mol. The van der Waals surface area contributed by atoms with E-state index in [0.717, 1.165) is 24.5 Å². The Morgan fingerprint density at radius 1 is 1.18 bits per heavy atom. The van der Waals surface area contributed by atoms with Crippen LogP contribution in [0.15, 0.2) is 35.7 Å². The van der Waals surface area contributed by atoms with Crippen LogP contribution < -0.4 is 9.64 Å². The number of para-hydroxylation sites is 2. The van der Waals surface area contributed by atoms with E-state index in [1.165, 1.54) is 11.3 Å². The molecule has 2 aromatic rings. The predicted octanol–water partition coefficient (Wildman–Crippen LogP) is 3.37. The number of methoxy groups -OCH3 is 1. The SMILES string of the molecule is COc1ccccc1N1CCN(C(=O)c2sccc2Cl)CC1. The Morgan fingerprint density at radius 3 is 2.55 bits per heavy atom. The summed E-state index contributed by atoms with van der Waals surface area (Å²) < 4.78 is 5.41. The minimum Gasteiger partial charge on any atom is -0.495 e. The highest BCUT2D eigenvalue weighted by molar-refractivity contribution is 7.12. The van der Waals surface area contributed by atoms with Crippen molar-refractivity contribution in [2.24, 2.45) is 0 Å². The first-order valence-corrected chi connectivity index (χ1v) is 8.36. The molecule has 0 radical (unpaired) electrons. The standard InChI is InChI=1S/C16H17ClN2O2S/c1-21-14-5-3-2-4-13(14)18-7-9-19(10-8-18)16(20)15-12(17)6-11-22-15/h2-6,11H,7-10H2,1H3. The fourth-order valence-corrected chi connectivity index (χ4v) is 3.73. The minimum atomic E-state index is 0.0275. The maximum Gasteiger partial charge on any atom is 0.265 e. The summed E-state index contributed by atoms with van der Waals surface area (Å²) in [5.74, 6) is 0.892. The molecule has 0 aliphatic carbocycles. The van der Waals surface area contributed by atoms with Crippen molar-refractivity contribution in [2.75, 3.05) is 38.2 Å². The Bertz CT molecular complexity index is 666. The van der Waals surface area contributed by atoms with Crippen molar-refractivity contribution in [3.8, 4) is 5.75 Å². The van der Waals surface area contributed by atoms with Crippen molar-refractivity contribution in [1.29, 1.82) is 0 Å². The zero-order valence-corrected chi connectivity index (χ0v) is 13.9. The molecule has 116 valence electrons. The van der Waals surface area contributed by atoms with Gasteiger partial charge in [-0.25, -0.2) is 0 Å². The van der Waals surface area contributed by atoms with Crippen molar-refractivity contribution in [1.82, 2.24) is 4.90 Å². The number of thiophene rings is 1.